The average molecular weight is 607 g/mol. The summed E-state index contributed by atoms with van der Waals surface area (Å²) in [5, 5.41) is 13.0. The second-order valence-electron chi connectivity index (χ2n) is 10.8. The highest BCUT2D eigenvalue weighted by Crippen LogP contribution is 2.35. The Bertz CT molecular complexity index is 1850. The molecule has 1 atom stereocenters. The van der Waals surface area contributed by atoms with Crippen LogP contribution in [0.4, 0.5) is 5.82 Å². The summed E-state index contributed by atoms with van der Waals surface area (Å²) < 4.78 is 35.8. The standard InChI is InChI=1S/C29H34N8O3S2/c1-18-15-24(40-34-18)25-9-10-26(41-25)42(38,39)37-13-11-36(12-14-37)16-19(2)32-29-23-8-6-7-22(28(23)30-17-31-29)27-20(3)33-35(5)21(27)4/h6-10,15,17,19H,11-14,16H2,1-5H3,(H,30,31,32). The van der Waals surface area contributed by atoms with Crippen molar-refractivity contribution in [3.05, 3.63) is 59.8 Å². The maximum Gasteiger partial charge on any atom is 0.252 e. The van der Waals surface area contributed by atoms with Crippen LogP contribution in [-0.2, 0) is 17.1 Å². The second-order valence-corrected chi connectivity index (χ2v) is 14.0. The Balaban J connectivity index is 1.11. The Morgan fingerprint density at radius 2 is 1.86 bits per heavy atom. The molecule has 6 rings (SSSR count). The fourth-order valence-electron chi connectivity index (χ4n) is 5.58. The van der Waals surface area contributed by atoms with E-state index >= 15 is 0 Å². The molecule has 5 heterocycles. The van der Waals surface area contributed by atoms with Crippen LogP contribution in [0.25, 0.3) is 32.7 Å². The monoisotopic (exact) mass is 606 g/mol. The zero-order chi connectivity index (χ0) is 29.6. The Labute approximate surface area is 249 Å². The van der Waals surface area contributed by atoms with Crippen LogP contribution in [0.2, 0.25) is 0 Å². The fourth-order valence-corrected chi connectivity index (χ4v) is 8.42. The van der Waals surface area contributed by atoms with E-state index in [1.807, 2.05) is 43.8 Å². The van der Waals surface area contributed by atoms with E-state index < -0.39 is 10.0 Å². The molecule has 5 aromatic rings. The molecule has 0 saturated carbocycles. The fraction of sp³-hybridized carbons (Fsp3) is 0.379. The van der Waals surface area contributed by atoms with Gasteiger partial charge in [0.25, 0.3) is 10.0 Å². The third kappa shape index (κ3) is 5.33. The largest absolute Gasteiger partial charge is 0.366 e. The Morgan fingerprint density at radius 1 is 1.07 bits per heavy atom. The summed E-state index contributed by atoms with van der Waals surface area (Å²) in [5.74, 6) is 1.37. The first-order valence-electron chi connectivity index (χ1n) is 13.9. The molecule has 0 bridgehead atoms. The van der Waals surface area contributed by atoms with Crippen LogP contribution >= 0.6 is 11.3 Å². The number of thiophene rings is 1. The van der Waals surface area contributed by atoms with E-state index in [-0.39, 0.29) is 6.04 Å². The minimum atomic E-state index is -3.57. The number of aryl methyl sites for hydroxylation is 3. The number of sulfonamides is 1. The summed E-state index contributed by atoms with van der Waals surface area (Å²) in [7, 11) is -1.62. The van der Waals surface area contributed by atoms with E-state index in [2.05, 4.69) is 50.4 Å². The minimum absolute atomic E-state index is 0.0852. The van der Waals surface area contributed by atoms with Gasteiger partial charge in [-0.1, -0.05) is 17.3 Å². The van der Waals surface area contributed by atoms with E-state index in [9.17, 15) is 8.42 Å². The van der Waals surface area contributed by atoms with Crippen molar-refractivity contribution < 1.29 is 12.9 Å². The molecule has 0 radical (unpaired) electrons. The molecule has 11 nitrogen and oxygen atoms in total. The van der Waals surface area contributed by atoms with Crippen molar-refractivity contribution in [2.45, 2.75) is 37.9 Å². The smallest absolute Gasteiger partial charge is 0.252 e. The van der Waals surface area contributed by atoms with Gasteiger partial charge in [0.15, 0.2) is 5.76 Å². The summed E-state index contributed by atoms with van der Waals surface area (Å²) in [4.78, 5) is 12.3. The molecule has 220 valence electrons. The number of fused-ring (bicyclic) bond motifs is 1. The number of para-hydroxylation sites is 1. The Morgan fingerprint density at radius 3 is 2.55 bits per heavy atom. The summed E-state index contributed by atoms with van der Waals surface area (Å²) in [6.45, 7) is 11.0. The molecule has 1 fully saturated rings. The van der Waals surface area contributed by atoms with Crippen LogP contribution < -0.4 is 5.32 Å². The minimum Gasteiger partial charge on any atom is -0.366 e. The van der Waals surface area contributed by atoms with E-state index in [0.717, 1.165) is 56.4 Å². The predicted molar refractivity (Wildman–Crippen MR) is 164 cm³/mol. The lowest BCUT2D eigenvalue weighted by atomic mass is 10.0. The molecule has 1 aliphatic heterocycles. The molecular weight excluding hydrogens is 573 g/mol. The molecule has 13 heteroatoms. The van der Waals surface area contributed by atoms with Gasteiger partial charge < -0.3 is 9.84 Å². The molecule has 0 aliphatic carbocycles. The molecule has 1 unspecified atom stereocenters. The van der Waals surface area contributed by atoms with E-state index in [0.29, 0.717) is 36.1 Å². The molecule has 1 saturated heterocycles. The van der Waals surface area contributed by atoms with Crippen molar-refractivity contribution in [1.82, 2.24) is 34.1 Å². The first kappa shape index (κ1) is 28.5. The SMILES string of the molecule is Cc1cc(-c2ccc(S(=O)(=O)N3CCN(CC(C)Nc4ncnc5c(-c6c(C)nn(C)c6C)cccc45)CC3)s2)on1. The van der Waals surface area contributed by atoms with Gasteiger partial charge in [-0.15, -0.1) is 11.3 Å². The van der Waals surface area contributed by atoms with Crippen LogP contribution in [0.5, 0.6) is 0 Å². The summed E-state index contributed by atoms with van der Waals surface area (Å²) in [6, 6.07) is 11.5. The van der Waals surface area contributed by atoms with Crippen molar-refractivity contribution in [2.24, 2.45) is 7.05 Å². The number of hydrogen-bond acceptors (Lipinski definition) is 10. The molecule has 1 N–H and O–H groups in total. The number of nitrogens with zero attached hydrogens (tertiary/aromatic N) is 7. The highest BCUT2D eigenvalue weighted by atomic mass is 32.2. The first-order chi connectivity index (χ1) is 20.1. The Hall–Kier alpha value is -3.65. The Kier molecular flexibility index (Phi) is 7.60. The van der Waals surface area contributed by atoms with Crippen LogP contribution in [0.3, 0.4) is 0 Å². The molecular formula is C29H34N8O3S2. The van der Waals surface area contributed by atoms with E-state index in [1.165, 1.54) is 11.3 Å². The third-order valence-electron chi connectivity index (χ3n) is 7.74. The normalized spacial score (nSPS) is 15.8. The molecule has 0 amide bonds. The lowest BCUT2D eigenvalue weighted by Crippen LogP contribution is -2.50. The van der Waals surface area contributed by atoms with Crippen LogP contribution in [-0.4, -0.2) is 81.3 Å². The number of aromatic nitrogens is 5. The van der Waals surface area contributed by atoms with Gasteiger partial charge in [-0.3, -0.25) is 9.58 Å². The number of rotatable bonds is 8. The lowest BCUT2D eigenvalue weighted by Gasteiger charge is -2.35. The highest BCUT2D eigenvalue weighted by molar-refractivity contribution is 7.91. The number of nitrogens with one attached hydrogen (secondary N) is 1. The van der Waals surface area contributed by atoms with Crippen molar-refractivity contribution in [1.29, 1.82) is 0 Å². The topological polar surface area (TPSA) is 122 Å². The zero-order valence-electron chi connectivity index (χ0n) is 24.3. The van der Waals surface area contributed by atoms with Crippen molar-refractivity contribution >= 4 is 38.1 Å². The van der Waals surface area contributed by atoms with Crippen molar-refractivity contribution in [2.75, 3.05) is 38.0 Å². The molecule has 1 aromatic carbocycles. The van der Waals surface area contributed by atoms with Crippen molar-refractivity contribution in [3.63, 3.8) is 0 Å². The molecule has 1 aliphatic rings. The van der Waals surface area contributed by atoms with Gasteiger partial charge in [0.1, 0.15) is 16.4 Å². The molecule has 0 spiro atoms. The number of anilines is 1. The summed E-state index contributed by atoms with van der Waals surface area (Å²) >= 11 is 1.21. The first-order valence-corrected chi connectivity index (χ1v) is 16.1. The van der Waals surface area contributed by atoms with Gasteiger partial charge in [-0.25, -0.2) is 18.4 Å². The zero-order valence-corrected chi connectivity index (χ0v) is 26.0. The average Bonchev–Trinajstić information content (AvgIpc) is 3.69. The lowest BCUT2D eigenvalue weighted by molar-refractivity contribution is 0.184. The number of hydrogen-bond donors (Lipinski definition) is 1. The van der Waals surface area contributed by atoms with Gasteiger partial charge in [-0.2, -0.15) is 9.40 Å². The maximum absolute atomic E-state index is 13.3. The van der Waals surface area contributed by atoms with Gasteiger partial charge in [0.2, 0.25) is 0 Å². The number of piperazine rings is 1. The van der Waals surface area contributed by atoms with Crippen LogP contribution in [0.15, 0.2) is 51.5 Å². The number of benzene rings is 1. The molecule has 42 heavy (non-hydrogen) atoms. The van der Waals surface area contributed by atoms with E-state index in [4.69, 9.17) is 4.52 Å². The summed E-state index contributed by atoms with van der Waals surface area (Å²) in [5.41, 5.74) is 5.84. The third-order valence-corrected chi connectivity index (χ3v) is 11.2. The molecule has 4 aromatic heterocycles. The quantitative estimate of drug-likeness (QED) is 0.272. The van der Waals surface area contributed by atoms with Gasteiger partial charge in [0.05, 0.1) is 21.8 Å². The summed E-state index contributed by atoms with van der Waals surface area (Å²) in [6.07, 6.45) is 1.60. The highest BCUT2D eigenvalue weighted by Gasteiger charge is 2.30. The van der Waals surface area contributed by atoms with Crippen LogP contribution in [0, 0.1) is 20.8 Å². The second kappa shape index (κ2) is 11.2. The van der Waals surface area contributed by atoms with Gasteiger partial charge in [0, 0.05) is 74.1 Å². The van der Waals surface area contributed by atoms with Gasteiger partial charge in [-0.05, 0) is 45.9 Å². The van der Waals surface area contributed by atoms with E-state index in [1.54, 1.807) is 22.8 Å². The maximum atomic E-state index is 13.3. The van der Waals surface area contributed by atoms with Crippen molar-refractivity contribution in [3.8, 4) is 21.8 Å². The predicted octanol–water partition coefficient (Wildman–Crippen LogP) is 4.48. The van der Waals surface area contributed by atoms with Crippen LogP contribution in [0.1, 0.15) is 24.0 Å². The van der Waals surface area contributed by atoms with Gasteiger partial charge >= 0.3 is 0 Å².